The SMILES string of the molecule is CC(C)(O)c1ccc(-c2ncoc2-c2ccc(F)cc2)cn1. The van der Waals surface area contributed by atoms with E-state index in [4.69, 9.17) is 4.42 Å². The monoisotopic (exact) mass is 298 g/mol. The Hall–Kier alpha value is -2.53. The standard InChI is InChI=1S/C17H15FN2O2/c1-17(2,21)14-8-5-12(9-19-14)15-16(22-10-20-15)11-3-6-13(18)7-4-11/h3-10,21H,1-2H3. The molecule has 0 radical (unpaired) electrons. The molecule has 0 atom stereocenters. The van der Waals surface area contributed by atoms with Crippen LogP contribution in [0.25, 0.3) is 22.6 Å². The van der Waals surface area contributed by atoms with Gasteiger partial charge in [-0.3, -0.25) is 4.98 Å². The highest BCUT2D eigenvalue weighted by Gasteiger charge is 2.19. The Labute approximate surface area is 127 Å². The van der Waals surface area contributed by atoms with Crippen molar-refractivity contribution in [3.05, 3.63) is 60.5 Å². The van der Waals surface area contributed by atoms with Gasteiger partial charge in [0.15, 0.2) is 12.2 Å². The van der Waals surface area contributed by atoms with E-state index in [2.05, 4.69) is 9.97 Å². The van der Waals surface area contributed by atoms with Crippen LogP contribution in [-0.4, -0.2) is 15.1 Å². The Balaban J connectivity index is 2.00. The minimum Gasteiger partial charge on any atom is -0.443 e. The number of aliphatic hydroxyl groups is 1. The average Bonchev–Trinajstić information content (AvgIpc) is 2.97. The van der Waals surface area contributed by atoms with Gasteiger partial charge in [0.05, 0.1) is 5.69 Å². The van der Waals surface area contributed by atoms with Crippen LogP contribution in [0.3, 0.4) is 0 Å². The molecule has 112 valence electrons. The number of hydrogen-bond acceptors (Lipinski definition) is 4. The lowest BCUT2D eigenvalue weighted by atomic mass is 10.0. The Morgan fingerprint density at radius 2 is 1.68 bits per heavy atom. The summed E-state index contributed by atoms with van der Waals surface area (Å²) in [6, 6.07) is 9.59. The van der Waals surface area contributed by atoms with Crippen molar-refractivity contribution in [2.75, 3.05) is 0 Å². The Morgan fingerprint density at radius 1 is 1.00 bits per heavy atom. The predicted molar refractivity (Wildman–Crippen MR) is 80.4 cm³/mol. The lowest BCUT2D eigenvalue weighted by molar-refractivity contribution is 0.0739. The molecule has 0 aliphatic carbocycles. The van der Waals surface area contributed by atoms with Gasteiger partial charge >= 0.3 is 0 Å². The maximum Gasteiger partial charge on any atom is 0.182 e. The molecule has 0 bridgehead atoms. The Bertz CT molecular complexity index is 772. The number of oxazole rings is 1. The highest BCUT2D eigenvalue weighted by atomic mass is 19.1. The summed E-state index contributed by atoms with van der Waals surface area (Å²) in [5.74, 6) is 0.249. The van der Waals surface area contributed by atoms with Gasteiger partial charge in [-0.05, 0) is 50.2 Å². The van der Waals surface area contributed by atoms with Crippen molar-refractivity contribution in [2.24, 2.45) is 0 Å². The molecular weight excluding hydrogens is 283 g/mol. The molecular formula is C17H15FN2O2. The van der Waals surface area contributed by atoms with Gasteiger partial charge in [-0.25, -0.2) is 9.37 Å². The number of rotatable bonds is 3. The molecule has 0 unspecified atom stereocenters. The minimum absolute atomic E-state index is 0.305. The van der Waals surface area contributed by atoms with E-state index in [9.17, 15) is 9.50 Å². The third kappa shape index (κ3) is 2.76. The topological polar surface area (TPSA) is 59.2 Å². The highest BCUT2D eigenvalue weighted by molar-refractivity contribution is 5.76. The first kappa shape index (κ1) is 14.4. The van der Waals surface area contributed by atoms with Crippen LogP contribution in [0.4, 0.5) is 4.39 Å². The summed E-state index contributed by atoms with van der Waals surface area (Å²) in [5.41, 5.74) is 1.70. The van der Waals surface area contributed by atoms with Crippen LogP contribution in [0.1, 0.15) is 19.5 Å². The number of nitrogens with zero attached hydrogens (tertiary/aromatic N) is 2. The van der Waals surface area contributed by atoms with Crippen molar-refractivity contribution >= 4 is 0 Å². The number of aromatic nitrogens is 2. The fourth-order valence-electron chi connectivity index (χ4n) is 2.15. The summed E-state index contributed by atoms with van der Waals surface area (Å²) in [6.45, 7) is 3.35. The van der Waals surface area contributed by atoms with Crippen molar-refractivity contribution in [2.45, 2.75) is 19.4 Å². The molecule has 4 nitrogen and oxygen atoms in total. The minimum atomic E-state index is -0.998. The summed E-state index contributed by atoms with van der Waals surface area (Å²) >= 11 is 0. The quantitative estimate of drug-likeness (QED) is 0.799. The normalized spacial score (nSPS) is 11.6. The zero-order valence-corrected chi connectivity index (χ0v) is 12.2. The lowest BCUT2D eigenvalue weighted by Crippen LogP contribution is -2.17. The van der Waals surface area contributed by atoms with E-state index in [1.54, 1.807) is 38.2 Å². The summed E-state index contributed by atoms with van der Waals surface area (Å²) in [6.07, 6.45) is 2.98. The third-order valence-corrected chi connectivity index (χ3v) is 3.34. The molecule has 0 saturated heterocycles. The lowest BCUT2D eigenvalue weighted by Gasteiger charge is -2.16. The smallest absolute Gasteiger partial charge is 0.182 e. The first-order valence-electron chi connectivity index (χ1n) is 6.84. The Morgan fingerprint density at radius 3 is 2.27 bits per heavy atom. The Kier molecular flexibility index (Phi) is 3.50. The van der Waals surface area contributed by atoms with Gasteiger partial charge in [-0.15, -0.1) is 0 Å². The van der Waals surface area contributed by atoms with Gasteiger partial charge < -0.3 is 9.52 Å². The van der Waals surface area contributed by atoms with Crippen LogP contribution in [0.5, 0.6) is 0 Å². The molecule has 3 aromatic rings. The molecule has 0 saturated carbocycles. The van der Waals surface area contributed by atoms with E-state index in [-0.39, 0.29) is 5.82 Å². The fraction of sp³-hybridized carbons (Fsp3) is 0.176. The summed E-state index contributed by atoms with van der Waals surface area (Å²) < 4.78 is 18.5. The number of hydrogen-bond donors (Lipinski definition) is 1. The summed E-state index contributed by atoms with van der Waals surface area (Å²) in [4.78, 5) is 8.48. The number of pyridine rings is 1. The fourth-order valence-corrected chi connectivity index (χ4v) is 2.15. The van der Waals surface area contributed by atoms with Gasteiger partial charge in [0, 0.05) is 17.3 Å². The molecule has 0 aliphatic heterocycles. The largest absolute Gasteiger partial charge is 0.443 e. The van der Waals surface area contributed by atoms with E-state index < -0.39 is 5.60 Å². The predicted octanol–water partition coefficient (Wildman–Crippen LogP) is 3.77. The van der Waals surface area contributed by atoms with Crippen molar-refractivity contribution in [3.63, 3.8) is 0 Å². The van der Waals surface area contributed by atoms with Gasteiger partial charge in [-0.2, -0.15) is 0 Å². The number of benzene rings is 1. The molecule has 2 heterocycles. The van der Waals surface area contributed by atoms with E-state index in [0.29, 0.717) is 17.1 Å². The molecule has 0 aliphatic rings. The highest BCUT2D eigenvalue weighted by Crippen LogP contribution is 2.31. The van der Waals surface area contributed by atoms with Crippen molar-refractivity contribution in [3.8, 4) is 22.6 Å². The van der Waals surface area contributed by atoms with Crippen LogP contribution in [0, 0.1) is 5.82 Å². The zero-order valence-electron chi connectivity index (χ0n) is 12.2. The second-order valence-electron chi connectivity index (χ2n) is 5.53. The van der Waals surface area contributed by atoms with E-state index in [1.807, 2.05) is 6.07 Å². The molecule has 22 heavy (non-hydrogen) atoms. The summed E-state index contributed by atoms with van der Waals surface area (Å²) in [7, 11) is 0. The molecule has 3 rings (SSSR count). The first-order valence-corrected chi connectivity index (χ1v) is 6.84. The van der Waals surface area contributed by atoms with Crippen LogP contribution in [0.15, 0.2) is 53.4 Å². The third-order valence-electron chi connectivity index (χ3n) is 3.34. The molecule has 1 aromatic carbocycles. The maximum absolute atomic E-state index is 13.0. The molecule has 2 aromatic heterocycles. The second kappa shape index (κ2) is 5.35. The first-order chi connectivity index (χ1) is 10.4. The van der Waals surface area contributed by atoms with E-state index in [1.165, 1.54) is 18.5 Å². The molecule has 0 amide bonds. The molecule has 5 heteroatoms. The van der Waals surface area contributed by atoms with Gasteiger partial charge in [-0.1, -0.05) is 0 Å². The molecule has 0 fully saturated rings. The van der Waals surface area contributed by atoms with Crippen LogP contribution < -0.4 is 0 Å². The number of halogens is 1. The van der Waals surface area contributed by atoms with Crippen LogP contribution in [-0.2, 0) is 5.60 Å². The molecule has 1 N–H and O–H groups in total. The van der Waals surface area contributed by atoms with Crippen molar-refractivity contribution in [1.29, 1.82) is 0 Å². The second-order valence-corrected chi connectivity index (χ2v) is 5.53. The van der Waals surface area contributed by atoms with E-state index in [0.717, 1.165) is 11.1 Å². The maximum atomic E-state index is 13.0. The molecule has 0 spiro atoms. The van der Waals surface area contributed by atoms with Crippen molar-refractivity contribution in [1.82, 2.24) is 9.97 Å². The van der Waals surface area contributed by atoms with Crippen LogP contribution >= 0.6 is 0 Å². The average molecular weight is 298 g/mol. The van der Waals surface area contributed by atoms with Crippen LogP contribution in [0.2, 0.25) is 0 Å². The summed E-state index contributed by atoms with van der Waals surface area (Å²) in [5, 5.41) is 9.94. The van der Waals surface area contributed by atoms with Gasteiger partial charge in [0.1, 0.15) is 17.1 Å². The van der Waals surface area contributed by atoms with Gasteiger partial charge in [0.25, 0.3) is 0 Å². The zero-order chi connectivity index (χ0) is 15.7. The van der Waals surface area contributed by atoms with E-state index >= 15 is 0 Å². The van der Waals surface area contributed by atoms with Crippen molar-refractivity contribution < 1.29 is 13.9 Å². The van der Waals surface area contributed by atoms with Gasteiger partial charge in [0.2, 0.25) is 0 Å².